The van der Waals surface area contributed by atoms with Crippen LogP contribution in [0.4, 0.5) is 4.79 Å². The monoisotopic (exact) mass is 276 g/mol. The lowest BCUT2D eigenvalue weighted by molar-refractivity contribution is -0.140. The standard InChI is InChI=1S/C11H20N2O4S/c1-2-18-9-5-3-4-7(9)12-11(17)13-8(6-14)10(15)16/h7-9,14H,2-6H2,1H3,(H,15,16)(H2,12,13,17)/t7?,8-,9?/m0/s1. The first-order valence-electron chi connectivity index (χ1n) is 6.10. The van der Waals surface area contributed by atoms with Crippen molar-refractivity contribution >= 4 is 23.8 Å². The number of aliphatic carboxylic acids is 1. The van der Waals surface area contributed by atoms with Gasteiger partial charge in [0, 0.05) is 11.3 Å². The summed E-state index contributed by atoms with van der Waals surface area (Å²) in [6.07, 6.45) is 3.07. The highest BCUT2D eigenvalue weighted by Crippen LogP contribution is 2.29. The quantitative estimate of drug-likeness (QED) is 0.563. The van der Waals surface area contributed by atoms with E-state index in [0.29, 0.717) is 5.25 Å². The van der Waals surface area contributed by atoms with Gasteiger partial charge in [-0.1, -0.05) is 13.3 Å². The molecule has 1 aliphatic carbocycles. The predicted octanol–water partition coefficient (Wildman–Crippen LogP) is 0.405. The maximum absolute atomic E-state index is 11.6. The van der Waals surface area contributed by atoms with E-state index < -0.39 is 24.6 Å². The van der Waals surface area contributed by atoms with Crippen LogP contribution in [0.5, 0.6) is 0 Å². The van der Waals surface area contributed by atoms with Gasteiger partial charge in [-0.25, -0.2) is 9.59 Å². The van der Waals surface area contributed by atoms with Crippen LogP contribution in [0.2, 0.25) is 0 Å². The van der Waals surface area contributed by atoms with Crippen LogP contribution < -0.4 is 10.6 Å². The smallest absolute Gasteiger partial charge is 0.328 e. The SMILES string of the molecule is CCSC1CCCC1NC(=O)N[C@@H](CO)C(=O)O. The highest BCUT2D eigenvalue weighted by atomic mass is 32.2. The predicted molar refractivity (Wildman–Crippen MR) is 69.7 cm³/mol. The molecule has 4 N–H and O–H groups in total. The second-order valence-electron chi connectivity index (χ2n) is 4.22. The van der Waals surface area contributed by atoms with Crippen LogP contribution in [0.25, 0.3) is 0 Å². The van der Waals surface area contributed by atoms with Gasteiger partial charge in [-0.3, -0.25) is 0 Å². The molecule has 0 bridgehead atoms. The van der Waals surface area contributed by atoms with Gasteiger partial charge in [-0.05, 0) is 18.6 Å². The fourth-order valence-electron chi connectivity index (χ4n) is 2.06. The van der Waals surface area contributed by atoms with Crippen molar-refractivity contribution < 1.29 is 19.8 Å². The molecular weight excluding hydrogens is 256 g/mol. The molecule has 104 valence electrons. The summed E-state index contributed by atoms with van der Waals surface area (Å²) in [6.45, 7) is 1.47. The van der Waals surface area contributed by atoms with Crippen LogP contribution in [0.1, 0.15) is 26.2 Å². The Labute approximate surface area is 111 Å². The minimum Gasteiger partial charge on any atom is -0.480 e. The van der Waals surface area contributed by atoms with Crippen molar-refractivity contribution in [2.75, 3.05) is 12.4 Å². The maximum Gasteiger partial charge on any atom is 0.328 e. The summed E-state index contributed by atoms with van der Waals surface area (Å²) in [7, 11) is 0. The zero-order valence-corrected chi connectivity index (χ0v) is 11.2. The number of urea groups is 1. The van der Waals surface area contributed by atoms with Crippen molar-refractivity contribution in [3.05, 3.63) is 0 Å². The van der Waals surface area contributed by atoms with E-state index in [9.17, 15) is 9.59 Å². The normalized spacial score (nSPS) is 24.6. The van der Waals surface area contributed by atoms with E-state index in [1.165, 1.54) is 0 Å². The highest BCUT2D eigenvalue weighted by molar-refractivity contribution is 7.99. The molecule has 0 aromatic heterocycles. The molecule has 0 heterocycles. The van der Waals surface area contributed by atoms with Crippen LogP contribution >= 0.6 is 11.8 Å². The summed E-state index contributed by atoms with van der Waals surface area (Å²) in [5.41, 5.74) is 0. The number of carboxylic acid groups (broad SMARTS) is 1. The number of nitrogens with one attached hydrogen (secondary N) is 2. The van der Waals surface area contributed by atoms with Crippen molar-refractivity contribution in [3.8, 4) is 0 Å². The topological polar surface area (TPSA) is 98.7 Å². The lowest BCUT2D eigenvalue weighted by Crippen LogP contribution is -2.51. The van der Waals surface area contributed by atoms with Gasteiger partial charge in [0.1, 0.15) is 0 Å². The third kappa shape index (κ3) is 4.38. The molecule has 6 nitrogen and oxygen atoms in total. The van der Waals surface area contributed by atoms with E-state index in [-0.39, 0.29) is 6.04 Å². The van der Waals surface area contributed by atoms with E-state index in [0.717, 1.165) is 25.0 Å². The first-order chi connectivity index (χ1) is 8.58. The zero-order valence-electron chi connectivity index (χ0n) is 10.4. The third-order valence-corrected chi connectivity index (χ3v) is 4.26. The summed E-state index contributed by atoms with van der Waals surface area (Å²) in [4.78, 5) is 22.3. The maximum atomic E-state index is 11.6. The lowest BCUT2D eigenvalue weighted by atomic mass is 10.2. The number of carbonyl (C=O) groups excluding carboxylic acids is 1. The molecule has 7 heteroatoms. The van der Waals surface area contributed by atoms with Crippen molar-refractivity contribution in [1.29, 1.82) is 0 Å². The average molecular weight is 276 g/mol. The minimum absolute atomic E-state index is 0.0862. The van der Waals surface area contributed by atoms with Crippen molar-refractivity contribution in [3.63, 3.8) is 0 Å². The second-order valence-corrected chi connectivity index (χ2v) is 5.74. The Morgan fingerprint density at radius 1 is 1.44 bits per heavy atom. The number of aliphatic hydroxyl groups is 1. The molecule has 0 radical (unpaired) electrons. The molecule has 2 amide bonds. The van der Waals surface area contributed by atoms with E-state index in [1.54, 1.807) is 0 Å². The molecule has 18 heavy (non-hydrogen) atoms. The Bertz CT molecular complexity index is 301. The molecule has 1 rings (SSSR count). The minimum atomic E-state index is -1.25. The van der Waals surface area contributed by atoms with Gasteiger partial charge < -0.3 is 20.8 Å². The number of thioether (sulfide) groups is 1. The van der Waals surface area contributed by atoms with Gasteiger partial charge in [-0.2, -0.15) is 11.8 Å². The Hall–Kier alpha value is -0.950. The van der Waals surface area contributed by atoms with Gasteiger partial charge in [0.2, 0.25) is 0 Å². The van der Waals surface area contributed by atoms with E-state index in [2.05, 4.69) is 17.6 Å². The summed E-state index contributed by atoms with van der Waals surface area (Å²) in [5, 5.41) is 23.0. The molecule has 0 aliphatic heterocycles. The fraction of sp³-hybridized carbons (Fsp3) is 0.818. The number of carboxylic acids is 1. The molecule has 1 fully saturated rings. The summed E-state index contributed by atoms with van der Waals surface area (Å²) in [5.74, 6) is -0.239. The van der Waals surface area contributed by atoms with E-state index >= 15 is 0 Å². The number of rotatable bonds is 6. The van der Waals surface area contributed by atoms with Crippen molar-refractivity contribution in [1.82, 2.24) is 10.6 Å². The fourth-order valence-corrected chi connectivity index (χ4v) is 3.26. The molecule has 0 aromatic rings. The Kier molecular flexibility index (Phi) is 6.28. The van der Waals surface area contributed by atoms with Crippen molar-refractivity contribution in [2.45, 2.75) is 43.5 Å². The number of hydrogen-bond donors (Lipinski definition) is 4. The summed E-state index contributed by atoms with van der Waals surface area (Å²) in [6, 6.07) is -1.68. The van der Waals surface area contributed by atoms with E-state index in [4.69, 9.17) is 10.2 Å². The van der Waals surface area contributed by atoms with Crippen LogP contribution in [-0.2, 0) is 4.79 Å². The Balaban J connectivity index is 2.41. The van der Waals surface area contributed by atoms with Crippen LogP contribution in [0, 0.1) is 0 Å². The Morgan fingerprint density at radius 3 is 2.72 bits per heavy atom. The third-order valence-electron chi connectivity index (χ3n) is 2.94. The van der Waals surface area contributed by atoms with Gasteiger partial charge in [-0.15, -0.1) is 0 Å². The number of amides is 2. The molecule has 0 aromatic carbocycles. The zero-order chi connectivity index (χ0) is 13.5. The molecule has 1 aliphatic rings. The van der Waals surface area contributed by atoms with Gasteiger partial charge in [0.15, 0.2) is 6.04 Å². The molecular formula is C11H20N2O4S. The van der Waals surface area contributed by atoms with Gasteiger partial charge in [0.05, 0.1) is 6.61 Å². The number of hydrogen-bond acceptors (Lipinski definition) is 4. The first kappa shape index (κ1) is 15.1. The molecule has 0 saturated heterocycles. The van der Waals surface area contributed by atoms with Crippen LogP contribution in [-0.4, -0.2) is 51.9 Å². The highest BCUT2D eigenvalue weighted by Gasteiger charge is 2.29. The molecule has 0 spiro atoms. The number of aliphatic hydroxyl groups excluding tert-OH is 1. The largest absolute Gasteiger partial charge is 0.480 e. The van der Waals surface area contributed by atoms with Gasteiger partial charge in [0.25, 0.3) is 0 Å². The Morgan fingerprint density at radius 2 is 2.17 bits per heavy atom. The first-order valence-corrected chi connectivity index (χ1v) is 7.15. The summed E-state index contributed by atoms with van der Waals surface area (Å²) < 4.78 is 0. The average Bonchev–Trinajstić information content (AvgIpc) is 2.73. The lowest BCUT2D eigenvalue weighted by Gasteiger charge is -2.21. The van der Waals surface area contributed by atoms with Gasteiger partial charge >= 0.3 is 12.0 Å². The molecule has 3 atom stereocenters. The summed E-state index contributed by atoms with van der Waals surface area (Å²) >= 11 is 1.81. The van der Waals surface area contributed by atoms with E-state index in [1.807, 2.05) is 11.8 Å². The molecule has 1 saturated carbocycles. The number of carbonyl (C=O) groups is 2. The molecule has 2 unspecified atom stereocenters. The second kappa shape index (κ2) is 7.48. The van der Waals surface area contributed by atoms with Crippen LogP contribution in [0.15, 0.2) is 0 Å². The van der Waals surface area contributed by atoms with Crippen molar-refractivity contribution in [2.24, 2.45) is 0 Å². The van der Waals surface area contributed by atoms with Crippen LogP contribution in [0.3, 0.4) is 0 Å².